The second-order valence-electron chi connectivity index (χ2n) is 10.4. The summed E-state index contributed by atoms with van der Waals surface area (Å²) in [4.78, 5) is 45.1. The van der Waals surface area contributed by atoms with Crippen molar-refractivity contribution >= 4 is 18.1 Å². The zero-order chi connectivity index (χ0) is 27.8. The van der Waals surface area contributed by atoms with E-state index in [1.165, 1.54) is 7.05 Å². The number of amides is 6. The molecule has 2 N–H and O–H groups in total. The van der Waals surface area contributed by atoms with Crippen LogP contribution in [0.2, 0.25) is 0 Å². The van der Waals surface area contributed by atoms with Gasteiger partial charge < -0.3 is 35.0 Å². The molecule has 210 valence electrons. The van der Waals surface area contributed by atoms with E-state index in [1.54, 1.807) is 33.7 Å². The summed E-state index contributed by atoms with van der Waals surface area (Å²) in [6.45, 7) is 1.33. The summed E-state index contributed by atoms with van der Waals surface area (Å²) < 4.78 is 55.4. The second-order valence-corrected chi connectivity index (χ2v) is 10.4. The molecule has 4 rings (SSSR count). The minimum absolute atomic E-state index is 0.00441. The molecule has 6 amide bonds. The van der Waals surface area contributed by atoms with Gasteiger partial charge in [0.15, 0.2) is 0 Å². The van der Waals surface area contributed by atoms with Gasteiger partial charge in [0.05, 0.1) is 6.04 Å². The molecule has 1 aromatic rings. The molecule has 0 unspecified atom stereocenters. The molecule has 1 aliphatic carbocycles. The molecule has 2 heterocycles. The van der Waals surface area contributed by atoms with Gasteiger partial charge in [-0.05, 0) is 25.3 Å². The first-order valence-corrected chi connectivity index (χ1v) is 12.3. The first-order chi connectivity index (χ1) is 17.8. The van der Waals surface area contributed by atoms with Gasteiger partial charge in [-0.3, -0.25) is 0 Å². The Kier molecular flexibility index (Phi) is 7.53. The zero-order valence-corrected chi connectivity index (χ0v) is 21.5. The monoisotopic (exact) mass is 544 g/mol. The molecular formula is C24H32F4N6O4. The van der Waals surface area contributed by atoms with Crippen LogP contribution in [0, 0.1) is 11.2 Å². The van der Waals surface area contributed by atoms with Gasteiger partial charge in [0.2, 0.25) is 0 Å². The van der Waals surface area contributed by atoms with Crippen LogP contribution in [0.4, 0.5) is 31.9 Å². The Balaban J connectivity index is 1.50. The number of ether oxygens (including phenoxy) is 1. The Labute approximate surface area is 217 Å². The SMILES string of the molecule is CNC(=O)N1C[C@H](N(C(=O)NCc2ccc(OC(F)(F)F)cc2F)C2CC2)CC2(CN(C)C(=O)N(C)C2)C1. The first-order valence-electron chi connectivity index (χ1n) is 12.3. The van der Waals surface area contributed by atoms with Crippen LogP contribution in [0.15, 0.2) is 18.2 Å². The summed E-state index contributed by atoms with van der Waals surface area (Å²) in [6, 6.07) is 1.49. The fourth-order valence-corrected chi connectivity index (χ4v) is 5.68. The number of nitrogens with one attached hydrogen (secondary N) is 2. The molecule has 10 nitrogen and oxygen atoms in total. The summed E-state index contributed by atoms with van der Waals surface area (Å²) in [5.41, 5.74) is -0.453. The lowest BCUT2D eigenvalue weighted by Gasteiger charge is -2.53. The fourth-order valence-electron chi connectivity index (χ4n) is 5.68. The van der Waals surface area contributed by atoms with Gasteiger partial charge in [-0.15, -0.1) is 13.2 Å². The molecule has 1 atom stereocenters. The molecule has 2 aliphatic heterocycles. The average molecular weight is 545 g/mol. The average Bonchev–Trinajstić information content (AvgIpc) is 3.65. The van der Waals surface area contributed by atoms with E-state index in [-0.39, 0.29) is 36.3 Å². The number of carbonyl (C=O) groups excluding carboxylic acids is 3. The van der Waals surface area contributed by atoms with E-state index < -0.39 is 29.4 Å². The van der Waals surface area contributed by atoms with E-state index in [2.05, 4.69) is 15.4 Å². The van der Waals surface area contributed by atoms with Crippen molar-refractivity contribution < 1.29 is 36.7 Å². The maximum absolute atomic E-state index is 14.4. The quantitative estimate of drug-likeness (QED) is 0.558. The number of hydrogen-bond donors (Lipinski definition) is 2. The molecule has 0 radical (unpaired) electrons. The van der Waals surface area contributed by atoms with E-state index in [0.717, 1.165) is 25.0 Å². The predicted molar refractivity (Wildman–Crippen MR) is 128 cm³/mol. The standard InChI is InChI=1S/C24H32F4N6O4/c1-29-20(35)33-11-17(9-23(14-33)12-31(2)22(37)32(3)13-23)34(16-5-6-16)21(36)30-10-15-4-7-18(8-19(15)25)38-24(26,27)28/h4,7-8,16-17H,5-6,9-14H2,1-3H3,(H,29,35)(H,30,36)/t17-/m1/s1. The number of rotatable bonds is 5. The number of carbonyl (C=O) groups is 3. The van der Waals surface area contributed by atoms with Crippen molar-refractivity contribution in [2.45, 2.75) is 44.3 Å². The van der Waals surface area contributed by atoms with Crippen molar-refractivity contribution in [2.24, 2.45) is 5.41 Å². The van der Waals surface area contributed by atoms with Crippen LogP contribution < -0.4 is 15.4 Å². The van der Waals surface area contributed by atoms with Gasteiger partial charge in [-0.1, -0.05) is 6.07 Å². The predicted octanol–water partition coefficient (Wildman–Crippen LogP) is 2.80. The van der Waals surface area contributed by atoms with Gasteiger partial charge in [-0.25, -0.2) is 18.8 Å². The van der Waals surface area contributed by atoms with Crippen molar-refractivity contribution in [3.8, 4) is 5.75 Å². The van der Waals surface area contributed by atoms with Crippen LogP contribution in [0.1, 0.15) is 24.8 Å². The van der Waals surface area contributed by atoms with Crippen molar-refractivity contribution in [2.75, 3.05) is 47.3 Å². The van der Waals surface area contributed by atoms with Crippen LogP contribution in [0.3, 0.4) is 0 Å². The Morgan fingerprint density at radius 2 is 1.79 bits per heavy atom. The van der Waals surface area contributed by atoms with E-state index in [9.17, 15) is 31.9 Å². The first kappa shape index (κ1) is 27.6. The third-order valence-corrected chi connectivity index (χ3v) is 7.18. The number of alkyl halides is 3. The minimum atomic E-state index is -4.94. The molecule has 0 bridgehead atoms. The number of halogens is 4. The van der Waals surface area contributed by atoms with Gasteiger partial charge in [0, 0.05) is 77.0 Å². The van der Waals surface area contributed by atoms with Crippen LogP contribution in [0.5, 0.6) is 5.75 Å². The second kappa shape index (κ2) is 10.4. The lowest BCUT2D eigenvalue weighted by atomic mass is 9.75. The summed E-state index contributed by atoms with van der Waals surface area (Å²) in [5, 5.41) is 5.33. The lowest BCUT2D eigenvalue weighted by molar-refractivity contribution is -0.274. The Hall–Kier alpha value is -3.45. The molecule has 3 aliphatic rings. The van der Waals surface area contributed by atoms with Gasteiger partial charge in [0.1, 0.15) is 11.6 Å². The third kappa shape index (κ3) is 6.16. The third-order valence-electron chi connectivity index (χ3n) is 7.18. The Morgan fingerprint density at radius 1 is 1.13 bits per heavy atom. The number of hydrogen-bond acceptors (Lipinski definition) is 4. The Morgan fingerprint density at radius 3 is 2.34 bits per heavy atom. The van der Waals surface area contributed by atoms with Crippen LogP contribution in [-0.2, 0) is 6.54 Å². The molecule has 3 fully saturated rings. The summed E-state index contributed by atoms with van der Waals surface area (Å²) in [5.74, 6) is -1.63. The van der Waals surface area contributed by atoms with Crippen LogP contribution >= 0.6 is 0 Å². The summed E-state index contributed by atoms with van der Waals surface area (Å²) in [6.07, 6.45) is -2.81. The molecule has 1 aromatic carbocycles. The molecule has 1 saturated carbocycles. The summed E-state index contributed by atoms with van der Waals surface area (Å²) >= 11 is 0. The largest absolute Gasteiger partial charge is 0.573 e. The maximum atomic E-state index is 14.4. The van der Waals surface area contributed by atoms with E-state index in [1.807, 2.05) is 0 Å². The highest BCUT2D eigenvalue weighted by molar-refractivity contribution is 5.77. The smallest absolute Gasteiger partial charge is 0.406 e. The molecular weight excluding hydrogens is 512 g/mol. The fraction of sp³-hybridized carbons (Fsp3) is 0.625. The molecule has 38 heavy (non-hydrogen) atoms. The normalized spacial score (nSPS) is 21.4. The lowest BCUT2D eigenvalue weighted by Crippen LogP contribution is -2.67. The van der Waals surface area contributed by atoms with E-state index in [0.29, 0.717) is 38.7 Å². The number of piperidine rings is 1. The highest BCUT2D eigenvalue weighted by Crippen LogP contribution is 2.40. The maximum Gasteiger partial charge on any atom is 0.573 e. The van der Waals surface area contributed by atoms with Crippen molar-refractivity contribution in [1.29, 1.82) is 0 Å². The van der Waals surface area contributed by atoms with Crippen LogP contribution in [-0.4, -0.2) is 103 Å². The Bertz CT molecular complexity index is 1070. The highest BCUT2D eigenvalue weighted by Gasteiger charge is 2.50. The van der Waals surface area contributed by atoms with Gasteiger partial charge in [-0.2, -0.15) is 0 Å². The molecule has 14 heteroatoms. The highest BCUT2D eigenvalue weighted by atomic mass is 19.4. The number of benzene rings is 1. The van der Waals surface area contributed by atoms with Crippen molar-refractivity contribution in [1.82, 2.24) is 30.2 Å². The van der Waals surface area contributed by atoms with Crippen LogP contribution in [0.25, 0.3) is 0 Å². The minimum Gasteiger partial charge on any atom is -0.406 e. The number of urea groups is 3. The zero-order valence-electron chi connectivity index (χ0n) is 21.5. The molecule has 2 saturated heterocycles. The van der Waals surface area contributed by atoms with Crippen molar-refractivity contribution in [3.63, 3.8) is 0 Å². The van der Waals surface area contributed by atoms with Crippen molar-refractivity contribution in [3.05, 3.63) is 29.6 Å². The topological polar surface area (TPSA) is 97.5 Å². The van der Waals surface area contributed by atoms with E-state index in [4.69, 9.17) is 0 Å². The number of nitrogens with zero attached hydrogens (tertiary/aromatic N) is 4. The van der Waals surface area contributed by atoms with E-state index >= 15 is 0 Å². The molecule has 1 spiro atoms. The molecule has 0 aromatic heterocycles. The summed E-state index contributed by atoms with van der Waals surface area (Å²) in [7, 11) is 4.95. The van der Waals surface area contributed by atoms with Gasteiger partial charge in [0.25, 0.3) is 0 Å². The number of likely N-dealkylation sites (tertiary alicyclic amines) is 1. The van der Waals surface area contributed by atoms with Gasteiger partial charge >= 0.3 is 24.5 Å².